The summed E-state index contributed by atoms with van der Waals surface area (Å²) in [6, 6.07) is 17.0. The molecule has 4 aromatic carbocycles. The summed E-state index contributed by atoms with van der Waals surface area (Å²) in [5.41, 5.74) is 10.8. The highest BCUT2D eigenvalue weighted by molar-refractivity contribution is 7.92. The van der Waals surface area contributed by atoms with E-state index in [0.29, 0.717) is 45.9 Å². The number of rotatable bonds is 12. The van der Waals surface area contributed by atoms with E-state index < -0.39 is 10.0 Å². The Bertz CT molecular complexity index is 2390. The Morgan fingerprint density at radius 2 is 0.932 bits per heavy atom. The van der Waals surface area contributed by atoms with E-state index in [9.17, 15) is 18.0 Å². The summed E-state index contributed by atoms with van der Waals surface area (Å²) in [4.78, 5) is 25.4. The number of hydrogen-bond donors (Lipinski definition) is 3. The lowest BCUT2D eigenvalue weighted by molar-refractivity contribution is -0.111. The van der Waals surface area contributed by atoms with Gasteiger partial charge in [-0.25, -0.2) is 8.42 Å². The third kappa shape index (κ3) is 9.76. The van der Waals surface area contributed by atoms with E-state index in [-0.39, 0.29) is 23.7 Å². The van der Waals surface area contributed by atoms with Crippen LogP contribution in [0.5, 0.6) is 23.0 Å². The molecule has 314 valence electrons. The summed E-state index contributed by atoms with van der Waals surface area (Å²) < 4.78 is 47.6. The van der Waals surface area contributed by atoms with E-state index in [4.69, 9.17) is 18.9 Å². The van der Waals surface area contributed by atoms with Gasteiger partial charge in [0.2, 0.25) is 10.0 Å². The average Bonchev–Trinajstić information content (AvgIpc) is 3.65. The predicted molar refractivity (Wildman–Crippen MR) is 240 cm³/mol. The molecule has 0 radical (unpaired) electrons. The molecule has 59 heavy (non-hydrogen) atoms. The van der Waals surface area contributed by atoms with Gasteiger partial charge in [-0.15, -0.1) is 0 Å². The van der Waals surface area contributed by atoms with Gasteiger partial charge in [-0.1, -0.05) is 55.4 Å². The van der Waals surface area contributed by atoms with Crippen LogP contribution >= 0.6 is 0 Å². The lowest BCUT2D eigenvalue weighted by Gasteiger charge is -2.19. The van der Waals surface area contributed by atoms with Crippen LogP contribution in [0.15, 0.2) is 54.6 Å². The van der Waals surface area contributed by atoms with Gasteiger partial charge in [0.15, 0.2) is 11.5 Å². The molecule has 0 aliphatic carbocycles. The fourth-order valence-electron chi connectivity index (χ4n) is 7.36. The van der Waals surface area contributed by atoms with Crippen LogP contribution in [0.3, 0.4) is 0 Å². The van der Waals surface area contributed by atoms with Crippen LogP contribution in [-0.2, 0) is 19.6 Å². The molecule has 0 spiro atoms. The summed E-state index contributed by atoms with van der Waals surface area (Å²) in [7, 11) is 3.18. The first-order chi connectivity index (χ1) is 27.8. The molecule has 0 fully saturated rings. The minimum absolute atomic E-state index is 0.136. The Morgan fingerprint density at radius 3 is 1.31 bits per heavy atom. The highest BCUT2D eigenvalue weighted by atomic mass is 32.2. The third-order valence-electron chi connectivity index (χ3n) is 10.3. The Labute approximate surface area is 349 Å². The van der Waals surface area contributed by atoms with Crippen LogP contribution in [0.1, 0.15) is 124 Å². The molecule has 0 saturated heterocycles. The first-order valence-electron chi connectivity index (χ1n) is 19.7. The molecule has 0 saturated carbocycles. The number of sulfonamides is 1. The molecule has 2 heterocycles. The average molecular weight is 824 g/mol. The second kappa shape index (κ2) is 18.0. The summed E-state index contributed by atoms with van der Waals surface area (Å²) in [6.45, 7) is 17.1. The number of nitrogens with one attached hydrogen (secondary N) is 3. The zero-order valence-electron chi connectivity index (χ0n) is 36.3. The van der Waals surface area contributed by atoms with Gasteiger partial charge in [-0.2, -0.15) is 0 Å². The maximum absolute atomic E-state index is 12.7. The van der Waals surface area contributed by atoms with E-state index in [1.165, 1.54) is 0 Å². The predicted octanol–water partition coefficient (Wildman–Crippen LogP) is 10.3. The summed E-state index contributed by atoms with van der Waals surface area (Å²) in [5.74, 6) is 3.79. The standard InChI is InChI=1S/C24H29NO4.C23H28N2O4S/c1-13(2)16-8-15(9-17(14(3)4)23(16)29-7)10-19-18-11-21(27-5)22(28-6)12-20(18)25-24(19)26;1-13(2)18-9-15(10-19(14(3)4)22(18)29-5)11-20-17-8-7-16(25-30(6,27)28)12-21(17)24-23(20)26/h8-14H,1-7H3,(H,25,26);7-14,25H,1-6H3,(H,24,26). The van der Waals surface area contributed by atoms with Gasteiger partial charge in [0.05, 0.1) is 51.8 Å². The molecule has 3 N–H and O–H groups in total. The van der Waals surface area contributed by atoms with Crippen LogP contribution < -0.4 is 34.3 Å². The SMILES string of the molecule is COc1c(C(C)C)cc(C=C2C(=O)Nc3cc(NS(C)(=O)=O)ccc32)cc1C(C)C.COc1cc2c(cc1OC)C(=Cc1cc(C(C)C)c(OC)c(C(C)C)c1)C(=O)N2. The van der Waals surface area contributed by atoms with Crippen LogP contribution in [-0.4, -0.2) is 54.9 Å². The van der Waals surface area contributed by atoms with Crippen molar-refractivity contribution in [3.63, 3.8) is 0 Å². The zero-order valence-corrected chi connectivity index (χ0v) is 37.2. The number of fused-ring (bicyclic) bond motifs is 2. The van der Waals surface area contributed by atoms with Crippen molar-refractivity contribution in [1.82, 2.24) is 0 Å². The lowest BCUT2D eigenvalue weighted by atomic mass is 9.90. The molecule has 4 aromatic rings. The molecule has 2 aliphatic rings. The largest absolute Gasteiger partial charge is 0.496 e. The Kier molecular flexibility index (Phi) is 13.6. The molecule has 0 aromatic heterocycles. The van der Waals surface area contributed by atoms with E-state index in [1.54, 1.807) is 52.7 Å². The van der Waals surface area contributed by atoms with Crippen molar-refractivity contribution < 1.29 is 37.0 Å². The lowest BCUT2D eigenvalue weighted by Crippen LogP contribution is -2.09. The maximum Gasteiger partial charge on any atom is 0.256 e. The number of ether oxygens (including phenoxy) is 4. The molecule has 2 aliphatic heterocycles. The number of benzene rings is 4. The van der Waals surface area contributed by atoms with Crippen LogP contribution in [0.2, 0.25) is 0 Å². The zero-order chi connectivity index (χ0) is 43.5. The maximum atomic E-state index is 12.7. The fourth-order valence-corrected chi connectivity index (χ4v) is 7.91. The van der Waals surface area contributed by atoms with Gasteiger partial charge in [0.1, 0.15) is 11.5 Å². The van der Waals surface area contributed by atoms with Gasteiger partial charge in [0.25, 0.3) is 11.8 Å². The van der Waals surface area contributed by atoms with Crippen molar-refractivity contribution in [3.8, 4) is 23.0 Å². The normalized spacial score (nSPS) is 14.7. The van der Waals surface area contributed by atoms with Crippen molar-refractivity contribution in [2.75, 3.05) is 50.1 Å². The van der Waals surface area contributed by atoms with Crippen LogP contribution in [0.4, 0.5) is 17.1 Å². The highest BCUT2D eigenvalue weighted by Crippen LogP contribution is 2.43. The van der Waals surface area contributed by atoms with Crippen LogP contribution in [0.25, 0.3) is 23.3 Å². The minimum atomic E-state index is -3.39. The molecule has 2 amide bonds. The summed E-state index contributed by atoms with van der Waals surface area (Å²) >= 11 is 0. The molecular weight excluding hydrogens is 767 g/mol. The number of hydrogen-bond acceptors (Lipinski definition) is 8. The molecule has 0 atom stereocenters. The van der Waals surface area contributed by atoms with E-state index >= 15 is 0 Å². The second-order valence-electron chi connectivity index (χ2n) is 16.0. The van der Waals surface area contributed by atoms with E-state index in [1.807, 2.05) is 18.2 Å². The Hall–Kier alpha value is -5.75. The third-order valence-corrected chi connectivity index (χ3v) is 10.9. The van der Waals surface area contributed by atoms with Crippen molar-refractivity contribution >= 4 is 62.2 Å². The summed E-state index contributed by atoms with van der Waals surface area (Å²) in [5, 5.41) is 5.75. The molecule has 0 unspecified atom stereocenters. The van der Waals surface area contributed by atoms with E-state index in [2.05, 4.69) is 95.0 Å². The minimum Gasteiger partial charge on any atom is -0.496 e. The van der Waals surface area contributed by atoms with E-state index in [0.717, 1.165) is 67.9 Å². The van der Waals surface area contributed by atoms with Gasteiger partial charge < -0.3 is 29.6 Å². The molecule has 12 heteroatoms. The first kappa shape index (κ1) is 44.4. The number of carbonyl (C=O) groups excluding carboxylic acids is 2. The molecule has 11 nitrogen and oxygen atoms in total. The Morgan fingerprint density at radius 1 is 0.542 bits per heavy atom. The van der Waals surface area contributed by atoms with Crippen molar-refractivity contribution in [3.05, 3.63) is 99.1 Å². The van der Waals surface area contributed by atoms with Crippen LogP contribution in [0, 0.1) is 0 Å². The van der Waals surface area contributed by atoms with Crippen molar-refractivity contribution in [1.29, 1.82) is 0 Å². The van der Waals surface area contributed by atoms with Gasteiger partial charge in [-0.3, -0.25) is 14.3 Å². The Balaban J connectivity index is 0.000000224. The molecule has 6 rings (SSSR count). The highest BCUT2D eigenvalue weighted by Gasteiger charge is 2.28. The topological polar surface area (TPSA) is 141 Å². The fraction of sp³-hybridized carbons (Fsp3) is 0.362. The van der Waals surface area contributed by atoms with Crippen molar-refractivity contribution in [2.24, 2.45) is 0 Å². The van der Waals surface area contributed by atoms with Crippen molar-refractivity contribution in [2.45, 2.75) is 79.1 Å². The second-order valence-corrected chi connectivity index (χ2v) is 17.7. The quantitative estimate of drug-likeness (QED) is 0.120. The number of methoxy groups -OCH3 is 4. The number of anilines is 3. The summed E-state index contributed by atoms with van der Waals surface area (Å²) in [6.07, 6.45) is 4.90. The molecular formula is C47H57N3O8S. The first-order valence-corrected chi connectivity index (χ1v) is 21.6. The van der Waals surface area contributed by atoms with Gasteiger partial charge in [-0.05, 0) is 118 Å². The smallest absolute Gasteiger partial charge is 0.256 e. The van der Waals surface area contributed by atoms with Gasteiger partial charge in [0, 0.05) is 28.3 Å². The molecule has 0 bridgehead atoms. The number of amides is 2. The number of carbonyl (C=O) groups is 2. The van der Waals surface area contributed by atoms with Gasteiger partial charge >= 0.3 is 0 Å². The monoisotopic (exact) mass is 823 g/mol.